The SMILES string of the molecule is CCCc1nc2c(N)nc3cc(OCCCCCCCS(C)(=O)=O)ccc3c2n1CCCCNS(C)(=O)=O. The van der Waals surface area contributed by atoms with Crippen molar-refractivity contribution in [2.24, 2.45) is 0 Å². The standard InChI is InChI=1S/C26H41N5O5S2/c1-4-12-23-30-24-25(31(23)16-9-8-15-28-38(3,34)35)21-14-13-20(19-22(21)29-26(24)27)36-17-10-6-5-7-11-18-37(2,32)33/h13-14,19,28H,4-12,15-18H2,1-3H3,(H2,27,29). The average molecular weight is 568 g/mol. The number of ether oxygens (including phenoxy) is 1. The van der Waals surface area contributed by atoms with Gasteiger partial charge in [0.15, 0.2) is 5.82 Å². The predicted octanol–water partition coefficient (Wildman–Crippen LogP) is 3.82. The highest BCUT2D eigenvalue weighted by molar-refractivity contribution is 7.90. The summed E-state index contributed by atoms with van der Waals surface area (Å²) < 4.78 is 55.8. The van der Waals surface area contributed by atoms with Gasteiger partial charge in [0.05, 0.1) is 23.9 Å². The minimum atomic E-state index is -3.19. The highest BCUT2D eigenvalue weighted by Crippen LogP contribution is 2.31. The number of nitrogens with two attached hydrogens (primary N) is 1. The first kappa shape index (κ1) is 30.1. The minimum absolute atomic E-state index is 0.253. The Hall–Kier alpha value is -2.44. The monoisotopic (exact) mass is 567 g/mol. The van der Waals surface area contributed by atoms with Crippen LogP contribution >= 0.6 is 0 Å². The first-order chi connectivity index (χ1) is 18.0. The van der Waals surface area contributed by atoms with Crippen molar-refractivity contribution < 1.29 is 21.6 Å². The van der Waals surface area contributed by atoms with Crippen LogP contribution in [0, 0.1) is 0 Å². The van der Waals surface area contributed by atoms with Gasteiger partial charge >= 0.3 is 0 Å². The molecule has 3 N–H and O–H groups in total. The molecule has 3 rings (SSSR count). The van der Waals surface area contributed by atoms with E-state index in [1.807, 2.05) is 18.2 Å². The zero-order chi connectivity index (χ0) is 27.8. The third-order valence-corrected chi connectivity index (χ3v) is 8.09. The maximum absolute atomic E-state index is 11.3. The molecule has 0 amide bonds. The molecule has 0 aliphatic heterocycles. The Morgan fingerprint density at radius 2 is 1.71 bits per heavy atom. The molecule has 3 aromatic rings. The second-order valence-corrected chi connectivity index (χ2v) is 14.0. The summed E-state index contributed by atoms with van der Waals surface area (Å²) in [5.41, 5.74) is 8.73. The molecule has 0 atom stereocenters. The molecule has 10 nitrogen and oxygen atoms in total. The van der Waals surface area contributed by atoms with Crippen molar-refractivity contribution in [3.8, 4) is 5.75 Å². The van der Waals surface area contributed by atoms with Gasteiger partial charge in [0.25, 0.3) is 0 Å². The van der Waals surface area contributed by atoms with Crippen molar-refractivity contribution in [2.75, 3.05) is 37.1 Å². The maximum Gasteiger partial charge on any atom is 0.208 e. The number of aromatic nitrogens is 3. The summed E-state index contributed by atoms with van der Waals surface area (Å²) in [5, 5.41) is 0.955. The molecule has 0 aliphatic carbocycles. The van der Waals surface area contributed by atoms with Crippen LogP contribution in [-0.2, 0) is 32.8 Å². The Labute approximate surface area is 226 Å². The number of aryl methyl sites for hydroxylation is 2. The first-order valence-electron chi connectivity index (χ1n) is 13.3. The van der Waals surface area contributed by atoms with E-state index in [0.29, 0.717) is 43.9 Å². The van der Waals surface area contributed by atoms with Gasteiger partial charge in [-0.25, -0.2) is 31.5 Å². The van der Waals surface area contributed by atoms with Gasteiger partial charge < -0.3 is 15.0 Å². The molecule has 212 valence electrons. The van der Waals surface area contributed by atoms with Crippen LogP contribution in [0.5, 0.6) is 5.75 Å². The topological polar surface area (TPSA) is 146 Å². The number of nitrogen functional groups attached to an aromatic ring is 1. The lowest BCUT2D eigenvalue weighted by Gasteiger charge is -2.12. The minimum Gasteiger partial charge on any atom is -0.494 e. The number of nitrogens with zero attached hydrogens (tertiary/aromatic N) is 3. The van der Waals surface area contributed by atoms with Crippen LogP contribution in [-0.4, -0.2) is 62.8 Å². The Morgan fingerprint density at radius 1 is 0.974 bits per heavy atom. The van der Waals surface area contributed by atoms with E-state index in [-0.39, 0.29) is 5.75 Å². The second-order valence-electron chi connectivity index (χ2n) is 9.92. The quantitative estimate of drug-likeness (QED) is 0.234. The zero-order valence-electron chi connectivity index (χ0n) is 22.7. The number of hydrogen-bond acceptors (Lipinski definition) is 8. The molecule has 0 bridgehead atoms. The molecule has 0 spiro atoms. The fourth-order valence-corrected chi connectivity index (χ4v) is 5.77. The predicted molar refractivity (Wildman–Crippen MR) is 154 cm³/mol. The van der Waals surface area contributed by atoms with Crippen LogP contribution in [0.15, 0.2) is 18.2 Å². The van der Waals surface area contributed by atoms with E-state index in [4.69, 9.17) is 15.5 Å². The molecule has 0 aliphatic rings. The van der Waals surface area contributed by atoms with E-state index in [1.165, 1.54) is 12.5 Å². The Bertz CT molecular complexity index is 1440. The molecule has 0 unspecified atom stereocenters. The Kier molecular flexibility index (Phi) is 10.8. The molecule has 1 aromatic carbocycles. The summed E-state index contributed by atoms with van der Waals surface area (Å²) in [5.74, 6) is 2.32. The molecular weight excluding hydrogens is 526 g/mol. The molecule has 0 saturated carbocycles. The van der Waals surface area contributed by atoms with Crippen LogP contribution in [0.25, 0.3) is 21.9 Å². The largest absolute Gasteiger partial charge is 0.494 e. The van der Waals surface area contributed by atoms with Crippen molar-refractivity contribution in [3.63, 3.8) is 0 Å². The number of sulfone groups is 1. The Morgan fingerprint density at radius 3 is 2.42 bits per heavy atom. The molecule has 38 heavy (non-hydrogen) atoms. The number of rotatable bonds is 17. The average Bonchev–Trinajstić information content (AvgIpc) is 3.18. The number of fused-ring (bicyclic) bond motifs is 3. The summed E-state index contributed by atoms with van der Waals surface area (Å²) in [4.78, 5) is 9.43. The number of hydrogen-bond donors (Lipinski definition) is 2. The highest BCUT2D eigenvalue weighted by atomic mass is 32.2. The van der Waals surface area contributed by atoms with Crippen molar-refractivity contribution in [2.45, 2.75) is 71.3 Å². The molecular formula is C26H41N5O5S2. The summed E-state index contributed by atoms with van der Waals surface area (Å²) >= 11 is 0. The molecule has 0 fully saturated rings. The first-order valence-corrected chi connectivity index (χ1v) is 17.3. The second kappa shape index (κ2) is 13.6. The van der Waals surface area contributed by atoms with Gasteiger partial charge in [-0.05, 0) is 44.2 Å². The normalized spacial score (nSPS) is 12.5. The lowest BCUT2D eigenvalue weighted by Crippen LogP contribution is -2.23. The van der Waals surface area contributed by atoms with Gasteiger partial charge in [-0.15, -0.1) is 0 Å². The highest BCUT2D eigenvalue weighted by Gasteiger charge is 2.17. The molecule has 2 heterocycles. The zero-order valence-corrected chi connectivity index (χ0v) is 24.3. The van der Waals surface area contributed by atoms with Crippen molar-refractivity contribution in [1.82, 2.24) is 19.3 Å². The van der Waals surface area contributed by atoms with Crippen LogP contribution in [0.4, 0.5) is 5.82 Å². The van der Waals surface area contributed by atoms with Crippen LogP contribution in [0.3, 0.4) is 0 Å². The van der Waals surface area contributed by atoms with Crippen molar-refractivity contribution >= 4 is 47.6 Å². The third kappa shape index (κ3) is 9.09. The van der Waals surface area contributed by atoms with Crippen LogP contribution in [0.2, 0.25) is 0 Å². The lowest BCUT2D eigenvalue weighted by molar-refractivity contribution is 0.305. The summed E-state index contributed by atoms with van der Waals surface area (Å²) in [6.45, 7) is 3.80. The van der Waals surface area contributed by atoms with Gasteiger partial charge in [-0.3, -0.25) is 0 Å². The smallest absolute Gasteiger partial charge is 0.208 e. The maximum atomic E-state index is 11.3. The molecule has 2 aromatic heterocycles. The lowest BCUT2D eigenvalue weighted by atomic mass is 10.1. The van der Waals surface area contributed by atoms with E-state index < -0.39 is 19.9 Å². The van der Waals surface area contributed by atoms with Crippen molar-refractivity contribution in [1.29, 1.82) is 0 Å². The third-order valence-electron chi connectivity index (χ3n) is 6.33. The summed E-state index contributed by atoms with van der Waals surface area (Å²) in [7, 11) is -6.07. The van der Waals surface area contributed by atoms with Gasteiger partial charge in [0.1, 0.15) is 26.9 Å². The fraction of sp³-hybridized carbons (Fsp3) is 0.615. The van der Waals surface area contributed by atoms with E-state index in [0.717, 1.165) is 72.9 Å². The van der Waals surface area contributed by atoms with E-state index in [1.54, 1.807) is 0 Å². The van der Waals surface area contributed by atoms with E-state index in [9.17, 15) is 16.8 Å². The number of anilines is 1. The van der Waals surface area contributed by atoms with Gasteiger partial charge in [0.2, 0.25) is 10.0 Å². The summed E-state index contributed by atoms with van der Waals surface area (Å²) in [6, 6.07) is 5.85. The number of pyridine rings is 1. The summed E-state index contributed by atoms with van der Waals surface area (Å²) in [6.07, 6.45) is 10.2. The number of unbranched alkanes of at least 4 members (excludes halogenated alkanes) is 5. The van der Waals surface area contributed by atoms with Crippen LogP contribution < -0.4 is 15.2 Å². The van der Waals surface area contributed by atoms with Gasteiger partial charge in [-0.2, -0.15) is 0 Å². The van der Waals surface area contributed by atoms with E-state index in [2.05, 4.69) is 21.2 Å². The molecule has 12 heteroatoms. The molecule has 0 radical (unpaired) electrons. The molecule has 0 saturated heterocycles. The van der Waals surface area contributed by atoms with Gasteiger partial charge in [0, 0.05) is 43.0 Å². The Balaban J connectivity index is 1.68. The van der Waals surface area contributed by atoms with Crippen LogP contribution in [0.1, 0.15) is 64.1 Å². The number of nitrogens with one attached hydrogen (secondary N) is 1. The number of sulfonamides is 1. The van der Waals surface area contributed by atoms with E-state index >= 15 is 0 Å². The number of benzene rings is 1. The fourth-order valence-electron chi connectivity index (χ4n) is 4.52. The number of imidazole rings is 1. The van der Waals surface area contributed by atoms with Crippen molar-refractivity contribution in [3.05, 3.63) is 24.0 Å². The van der Waals surface area contributed by atoms with Gasteiger partial charge in [-0.1, -0.05) is 26.2 Å².